The normalized spacial score (nSPS) is 13.7. The predicted octanol–water partition coefficient (Wildman–Crippen LogP) is 1.79. The maximum Gasteiger partial charge on any atom is 0.214 e. The summed E-state index contributed by atoms with van der Waals surface area (Å²) in [7, 11) is -3.21. The Morgan fingerprint density at radius 1 is 1.26 bits per heavy atom. The van der Waals surface area contributed by atoms with Gasteiger partial charge in [0.25, 0.3) is 0 Å². The number of rotatable bonds is 8. The van der Waals surface area contributed by atoms with Crippen molar-refractivity contribution in [3.8, 4) is 0 Å². The van der Waals surface area contributed by atoms with Gasteiger partial charge < -0.3 is 5.73 Å². The van der Waals surface area contributed by atoms with Gasteiger partial charge in [0.2, 0.25) is 10.0 Å². The molecule has 1 atom stereocenters. The highest BCUT2D eigenvalue weighted by molar-refractivity contribution is 7.89. The largest absolute Gasteiger partial charge is 0.330 e. The van der Waals surface area contributed by atoms with E-state index in [0.29, 0.717) is 26.1 Å². The van der Waals surface area contributed by atoms with Crippen LogP contribution in [0.3, 0.4) is 0 Å². The van der Waals surface area contributed by atoms with Crippen LogP contribution in [0.15, 0.2) is 30.3 Å². The molecule has 1 unspecified atom stereocenters. The first-order chi connectivity index (χ1) is 9.01. The first-order valence-corrected chi connectivity index (χ1v) is 8.35. The Balaban J connectivity index is 2.72. The summed E-state index contributed by atoms with van der Waals surface area (Å²) in [4.78, 5) is 0. The molecule has 1 rings (SSSR count). The summed E-state index contributed by atoms with van der Waals surface area (Å²) in [5, 5.41) is 0. The van der Waals surface area contributed by atoms with Crippen molar-refractivity contribution >= 4 is 10.0 Å². The van der Waals surface area contributed by atoms with Gasteiger partial charge in [0.05, 0.1) is 5.75 Å². The molecule has 1 aromatic rings. The van der Waals surface area contributed by atoms with E-state index < -0.39 is 10.0 Å². The summed E-state index contributed by atoms with van der Waals surface area (Å²) >= 11 is 0. The van der Waals surface area contributed by atoms with Crippen molar-refractivity contribution < 1.29 is 8.42 Å². The van der Waals surface area contributed by atoms with Crippen molar-refractivity contribution in [3.05, 3.63) is 35.9 Å². The zero-order chi connectivity index (χ0) is 14.3. The highest BCUT2D eigenvalue weighted by Crippen LogP contribution is 2.18. The topological polar surface area (TPSA) is 63.4 Å². The number of hydrogen-bond donors (Lipinski definition) is 1. The van der Waals surface area contributed by atoms with Crippen molar-refractivity contribution in [2.45, 2.75) is 26.2 Å². The van der Waals surface area contributed by atoms with Gasteiger partial charge in [0, 0.05) is 13.1 Å². The van der Waals surface area contributed by atoms with Gasteiger partial charge in [-0.25, -0.2) is 12.7 Å². The highest BCUT2D eigenvalue weighted by Gasteiger charge is 2.23. The average Bonchev–Trinajstić information content (AvgIpc) is 2.39. The van der Waals surface area contributed by atoms with Crippen molar-refractivity contribution in [1.82, 2.24) is 4.31 Å². The van der Waals surface area contributed by atoms with Gasteiger partial charge in [-0.15, -0.1) is 0 Å². The Labute approximate surface area is 116 Å². The van der Waals surface area contributed by atoms with E-state index in [9.17, 15) is 8.42 Å². The Morgan fingerprint density at radius 3 is 2.42 bits per heavy atom. The quantitative estimate of drug-likeness (QED) is 0.791. The van der Waals surface area contributed by atoms with E-state index >= 15 is 0 Å². The molecule has 0 saturated carbocycles. The standard InChI is InChI=1S/C14H24N2O2S/c1-3-16(11-7-10-15)19(17,18)12-13(2)14-8-5-4-6-9-14/h4-6,8-9,13H,3,7,10-12,15H2,1-2H3. The van der Waals surface area contributed by atoms with Crippen molar-refractivity contribution in [3.63, 3.8) is 0 Å². The zero-order valence-electron chi connectivity index (χ0n) is 11.7. The molecule has 0 spiro atoms. The number of nitrogens with two attached hydrogens (primary N) is 1. The van der Waals surface area contributed by atoms with E-state index in [-0.39, 0.29) is 11.7 Å². The van der Waals surface area contributed by atoms with E-state index in [1.165, 1.54) is 4.31 Å². The molecule has 0 saturated heterocycles. The summed E-state index contributed by atoms with van der Waals surface area (Å²) in [5.41, 5.74) is 6.50. The van der Waals surface area contributed by atoms with Gasteiger partial charge in [-0.1, -0.05) is 44.2 Å². The molecule has 4 nitrogen and oxygen atoms in total. The molecule has 0 aromatic heterocycles. The summed E-state index contributed by atoms with van der Waals surface area (Å²) in [6.07, 6.45) is 0.701. The Bertz CT molecular complexity index is 460. The lowest BCUT2D eigenvalue weighted by Gasteiger charge is -2.22. The van der Waals surface area contributed by atoms with Gasteiger partial charge >= 0.3 is 0 Å². The Kier molecular flexibility index (Phi) is 6.48. The maximum absolute atomic E-state index is 12.3. The molecule has 0 amide bonds. The minimum absolute atomic E-state index is 0.00173. The van der Waals surface area contributed by atoms with Crippen LogP contribution in [0.4, 0.5) is 0 Å². The molecule has 5 heteroatoms. The van der Waals surface area contributed by atoms with Crippen LogP contribution in [-0.4, -0.2) is 38.1 Å². The summed E-state index contributed by atoms with van der Waals surface area (Å²) < 4.78 is 26.2. The van der Waals surface area contributed by atoms with Crippen LogP contribution in [-0.2, 0) is 10.0 Å². The maximum atomic E-state index is 12.3. The molecule has 0 bridgehead atoms. The molecule has 0 radical (unpaired) electrons. The van der Waals surface area contributed by atoms with Gasteiger partial charge in [0.15, 0.2) is 0 Å². The first kappa shape index (κ1) is 16.1. The van der Waals surface area contributed by atoms with Gasteiger partial charge in [-0.3, -0.25) is 0 Å². The second-order valence-electron chi connectivity index (χ2n) is 4.72. The zero-order valence-corrected chi connectivity index (χ0v) is 12.6. The van der Waals surface area contributed by atoms with Crippen LogP contribution in [0, 0.1) is 0 Å². The Morgan fingerprint density at radius 2 is 1.89 bits per heavy atom. The lowest BCUT2D eigenvalue weighted by molar-refractivity contribution is 0.421. The van der Waals surface area contributed by atoms with Gasteiger partial charge in [-0.2, -0.15) is 0 Å². The molecule has 0 aliphatic rings. The molecule has 2 N–H and O–H groups in total. The Hall–Kier alpha value is -0.910. The summed E-state index contributed by atoms with van der Waals surface area (Å²) in [5.74, 6) is 0.147. The predicted molar refractivity (Wildman–Crippen MR) is 79.6 cm³/mol. The minimum Gasteiger partial charge on any atom is -0.330 e. The van der Waals surface area contributed by atoms with Gasteiger partial charge in [0.1, 0.15) is 0 Å². The average molecular weight is 284 g/mol. The van der Waals surface area contributed by atoms with Crippen LogP contribution >= 0.6 is 0 Å². The number of hydrogen-bond acceptors (Lipinski definition) is 3. The van der Waals surface area contributed by atoms with E-state index in [1.807, 2.05) is 44.2 Å². The molecule has 0 aliphatic carbocycles. The number of benzene rings is 1. The van der Waals surface area contributed by atoms with Crippen LogP contribution < -0.4 is 5.73 Å². The second kappa shape index (κ2) is 7.62. The minimum atomic E-state index is -3.21. The van der Waals surface area contributed by atoms with Crippen LogP contribution in [0.5, 0.6) is 0 Å². The third-order valence-corrected chi connectivity index (χ3v) is 5.34. The third kappa shape index (κ3) is 4.93. The fraction of sp³-hybridized carbons (Fsp3) is 0.571. The fourth-order valence-corrected chi connectivity index (χ4v) is 3.90. The van der Waals surface area contributed by atoms with E-state index in [0.717, 1.165) is 5.56 Å². The van der Waals surface area contributed by atoms with Gasteiger partial charge in [-0.05, 0) is 24.4 Å². The molecular weight excluding hydrogens is 260 g/mol. The molecule has 108 valence electrons. The number of nitrogens with zero attached hydrogens (tertiary/aromatic N) is 1. The smallest absolute Gasteiger partial charge is 0.214 e. The first-order valence-electron chi connectivity index (χ1n) is 6.74. The lowest BCUT2D eigenvalue weighted by atomic mass is 10.0. The van der Waals surface area contributed by atoms with Crippen molar-refractivity contribution in [2.75, 3.05) is 25.4 Å². The highest BCUT2D eigenvalue weighted by atomic mass is 32.2. The molecular formula is C14H24N2O2S. The monoisotopic (exact) mass is 284 g/mol. The van der Waals surface area contributed by atoms with Crippen LogP contribution in [0.1, 0.15) is 31.7 Å². The molecule has 0 heterocycles. The molecule has 19 heavy (non-hydrogen) atoms. The SMILES string of the molecule is CCN(CCCN)S(=O)(=O)CC(C)c1ccccc1. The number of sulfonamides is 1. The van der Waals surface area contributed by atoms with Crippen LogP contribution in [0.25, 0.3) is 0 Å². The van der Waals surface area contributed by atoms with Crippen LogP contribution in [0.2, 0.25) is 0 Å². The summed E-state index contributed by atoms with van der Waals surface area (Å²) in [6.45, 7) is 5.34. The van der Waals surface area contributed by atoms with E-state index in [2.05, 4.69) is 0 Å². The molecule has 0 fully saturated rings. The van der Waals surface area contributed by atoms with E-state index in [4.69, 9.17) is 5.73 Å². The fourth-order valence-electron chi connectivity index (χ4n) is 2.06. The second-order valence-corrected chi connectivity index (χ2v) is 6.74. The summed E-state index contributed by atoms with van der Waals surface area (Å²) in [6, 6.07) is 9.74. The molecule has 1 aromatic carbocycles. The van der Waals surface area contributed by atoms with Crippen molar-refractivity contribution in [2.24, 2.45) is 5.73 Å². The van der Waals surface area contributed by atoms with Crippen molar-refractivity contribution in [1.29, 1.82) is 0 Å². The lowest BCUT2D eigenvalue weighted by Crippen LogP contribution is -2.35. The third-order valence-electron chi connectivity index (χ3n) is 3.19. The van der Waals surface area contributed by atoms with E-state index in [1.54, 1.807) is 0 Å². The molecule has 0 aliphatic heterocycles.